The number of amides is 2. The molecule has 8 heteroatoms. The highest BCUT2D eigenvalue weighted by Gasteiger charge is 2.81. The van der Waals surface area contributed by atoms with E-state index in [1.165, 1.54) is 0 Å². The zero-order valence-corrected chi connectivity index (χ0v) is 21.8. The van der Waals surface area contributed by atoms with Gasteiger partial charge in [0.25, 0.3) is 5.91 Å². The summed E-state index contributed by atoms with van der Waals surface area (Å²) >= 11 is 6.61. The van der Waals surface area contributed by atoms with Crippen molar-refractivity contribution >= 4 is 40.6 Å². The third-order valence-electron chi connectivity index (χ3n) is 8.87. The Morgan fingerprint density at radius 1 is 1.03 bits per heavy atom. The number of carbonyl (C=O) groups is 3. The van der Waals surface area contributed by atoms with Crippen LogP contribution in [0.5, 0.6) is 5.75 Å². The molecule has 4 aliphatic heterocycles. The molecule has 2 fully saturated rings. The topological polar surface area (TPSA) is 87.7 Å². The number of anilines is 2. The SMILES string of the molecule is C=CCOc1ccccc1C(=O)C1C2CCCN2C2(C(=O)Nc3c(Cl)cccc32)C12C(=O)Nc1ccccc12. The maximum absolute atomic E-state index is 14.8. The predicted octanol–water partition coefficient (Wildman–Crippen LogP) is 4.92. The molecule has 4 heterocycles. The van der Waals surface area contributed by atoms with Gasteiger partial charge in [0, 0.05) is 17.3 Å². The van der Waals surface area contributed by atoms with Crippen LogP contribution in [0.15, 0.2) is 79.4 Å². The van der Waals surface area contributed by atoms with Crippen molar-refractivity contribution in [1.82, 2.24) is 4.90 Å². The molecule has 2 spiro atoms. The van der Waals surface area contributed by atoms with Gasteiger partial charge in [0.2, 0.25) is 5.91 Å². The standard InChI is InChI=1S/C31H26ClN3O4/c1-2-17-39-24-15-6-3-9-18(24)27(36)25-23-14-8-16-35(23)31(20-11-7-12-21(32)26(20)34-29(31)38)30(25)19-10-4-5-13-22(19)33-28(30)37/h2-7,9-13,15,23,25H,1,8,14,16-17H2,(H,33,37)(H,34,38). The van der Waals surface area contributed by atoms with E-state index in [0.717, 1.165) is 6.42 Å². The number of nitrogens with one attached hydrogen (secondary N) is 2. The number of rotatable bonds is 5. The van der Waals surface area contributed by atoms with E-state index in [2.05, 4.69) is 22.1 Å². The number of hydrogen-bond donors (Lipinski definition) is 2. The molecule has 3 aromatic rings. The van der Waals surface area contributed by atoms with E-state index in [1.807, 2.05) is 36.4 Å². The summed E-state index contributed by atoms with van der Waals surface area (Å²) in [5.74, 6) is -1.35. The smallest absolute Gasteiger partial charge is 0.251 e. The van der Waals surface area contributed by atoms with Crippen molar-refractivity contribution < 1.29 is 19.1 Å². The molecule has 0 aromatic heterocycles. The summed E-state index contributed by atoms with van der Waals surface area (Å²) in [6, 6.07) is 19.5. The lowest BCUT2D eigenvalue weighted by Gasteiger charge is -2.43. The minimum atomic E-state index is -1.53. The lowest BCUT2D eigenvalue weighted by atomic mass is 9.57. The molecule has 4 aliphatic rings. The van der Waals surface area contributed by atoms with E-state index < -0.39 is 16.9 Å². The zero-order chi connectivity index (χ0) is 26.9. The second-order valence-electron chi connectivity index (χ2n) is 10.5. The molecule has 2 amide bonds. The van der Waals surface area contributed by atoms with Gasteiger partial charge in [-0.3, -0.25) is 19.3 Å². The number of hydrogen-bond acceptors (Lipinski definition) is 5. The van der Waals surface area contributed by atoms with Gasteiger partial charge in [-0.05, 0) is 49.2 Å². The highest BCUT2D eigenvalue weighted by Crippen LogP contribution is 2.68. The van der Waals surface area contributed by atoms with E-state index in [-0.39, 0.29) is 30.2 Å². The van der Waals surface area contributed by atoms with Gasteiger partial charge in [0.05, 0.1) is 22.2 Å². The Hall–Kier alpha value is -3.94. The summed E-state index contributed by atoms with van der Waals surface area (Å²) in [4.78, 5) is 45.9. The van der Waals surface area contributed by atoms with Crippen molar-refractivity contribution in [2.75, 3.05) is 23.8 Å². The van der Waals surface area contributed by atoms with Gasteiger partial charge in [-0.2, -0.15) is 0 Å². The third kappa shape index (κ3) is 2.84. The molecule has 0 saturated carbocycles. The Morgan fingerprint density at radius 3 is 2.64 bits per heavy atom. The van der Waals surface area contributed by atoms with Gasteiger partial charge in [-0.25, -0.2) is 0 Å². The van der Waals surface area contributed by atoms with Gasteiger partial charge < -0.3 is 15.4 Å². The third-order valence-corrected chi connectivity index (χ3v) is 9.19. The van der Waals surface area contributed by atoms with Crippen LogP contribution in [-0.4, -0.2) is 41.7 Å². The largest absolute Gasteiger partial charge is 0.489 e. The van der Waals surface area contributed by atoms with Crippen LogP contribution in [0.1, 0.15) is 34.3 Å². The monoisotopic (exact) mass is 539 g/mol. The van der Waals surface area contributed by atoms with Gasteiger partial charge >= 0.3 is 0 Å². The van der Waals surface area contributed by atoms with Crippen LogP contribution >= 0.6 is 11.6 Å². The number of ether oxygens (including phenoxy) is 1. The maximum atomic E-state index is 14.8. The van der Waals surface area contributed by atoms with Crippen LogP contribution in [0.3, 0.4) is 0 Å². The molecule has 0 aliphatic carbocycles. The Balaban J connectivity index is 1.56. The average molecular weight is 540 g/mol. The first-order valence-electron chi connectivity index (χ1n) is 13.1. The fourth-order valence-corrected chi connectivity index (χ4v) is 7.90. The average Bonchev–Trinajstić information content (AvgIpc) is 3.67. The fourth-order valence-electron chi connectivity index (χ4n) is 7.68. The van der Waals surface area contributed by atoms with Crippen molar-refractivity contribution in [1.29, 1.82) is 0 Å². The summed E-state index contributed by atoms with van der Waals surface area (Å²) in [6.07, 6.45) is 3.10. The van der Waals surface area contributed by atoms with Crippen molar-refractivity contribution in [3.63, 3.8) is 0 Å². The first-order chi connectivity index (χ1) is 19.0. The quantitative estimate of drug-likeness (QED) is 0.355. The Labute approximate surface area is 230 Å². The molecule has 4 atom stereocenters. The lowest BCUT2D eigenvalue weighted by Crippen LogP contribution is -2.62. The van der Waals surface area contributed by atoms with Crippen molar-refractivity contribution in [3.05, 3.63) is 101 Å². The van der Waals surface area contributed by atoms with Crippen molar-refractivity contribution in [3.8, 4) is 5.75 Å². The number of ketones is 1. The number of halogens is 1. The van der Waals surface area contributed by atoms with E-state index in [1.54, 1.807) is 36.4 Å². The molecular formula is C31H26ClN3O4. The second kappa shape index (κ2) is 8.53. The summed E-state index contributed by atoms with van der Waals surface area (Å²) in [5, 5.41) is 6.46. The summed E-state index contributed by atoms with van der Waals surface area (Å²) in [5.41, 5.74) is -0.218. The fraction of sp³-hybridized carbons (Fsp3) is 0.258. The highest BCUT2D eigenvalue weighted by molar-refractivity contribution is 6.35. The van der Waals surface area contributed by atoms with Crippen LogP contribution in [0, 0.1) is 5.92 Å². The minimum Gasteiger partial charge on any atom is -0.489 e. The molecule has 3 aromatic carbocycles. The maximum Gasteiger partial charge on any atom is 0.251 e. The number of fused-ring (bicyclic) bond motifs is 7. The predicted molar refractivity (Wildman–Crippen MR) is 148 cm³/mol. The number of benzene rings is 3. The molecule has 196 valence electrons. The van der Waals surface area contributed by atoms with Gasteiger partial charge in [0.1, 0.15) is 23.3 Å². The molecule has 7 nitrogen and oxygen atoms in total. The van der Waals surface area contributed by atoms with E-state index in [0.29, 0.717) is 51.8 Å². The number of nitrogens with zero attached hydrogens (tertiary/aromatic N) is 1. The molecular weight excluding hydrogens is 514 g/mol. The lowest BCUT2D eigenvalue weighted by molar-refractivity contribution is -0.137. The molecule has 7 rings (SSSR count). The number of para-hydroxylation sites is 3. The van der Waals surface area contributed by atoms with Crippen molar-refractivity contribution in [2.24, 2.45) is 5.92 Å². The normalized spacial score (nSPS) is 28.2. The first kappa shape index (κ1) is 24.1. The molecule has 4 unspecified atom stereocenters. The van der Waals surface area contributed by atoms with Gasteiger partial charge in [-0.1, -0.05) is 66.7 Å². The summed E-state index contributed by atoms with van der Waals surface area (Å²) in [7, 11) is 0. The molecule has 0 bridgehead atoms. The minimum absolute atomic E-state index is 0.224. The van der Waals surface area contributed by atoms with Crippen molar-refractivity contribution in [2.45, 2.75) is 29.8 Å². The summed E-state index contributed by atoms with van der Waals surface area (Å²) in [6.45, 7) is 4.53. The van der Waals surface area contributed by atoms with Crippen LogP contribution in [0.2, 0.25) is 5.02 Å². The Kier molecular flexibility index (Phi) is 5.28. The van der Waals surface area contributed by atoms with E-state index >= 15 is 0 Å². The molecule has 2 N–H and O–H groups in total. The van der Waals surface area contributed by atoms with Crippen LogP contribution in [0.25, 0.3) is 0 Å². The molecule has 39 heavy (non-hydrogen) atoms. The van der Waals surface area contributed by atoms with Gasteiger partial charge in [-0.15, -0.1) is 0 Å². The summed E-state index contributed by atoms with van der Waals surface area (Å²) < 4.78 is 5.89. The Bertz CT molecular complexity index is 1590. The first-order valence-corrected chi connectivity index (χ1v) is 13.5. The zero-order valence-electron chi connectivity index (χ0n) is 21.1. The number of carbonyl (C=O) groups excluding carboxylic acids is 3. The number of Topliss-reactive ketones (excluding diaryl/α,β-unsaturated/α-hetero) is 1. The van der Waals surface area contributed by atoms with Crippen LogP contribution in [0.4, 0.5) is 11.4 Å². The highest BCUT2D eigenvalue weighted by atomic mass is 35.5. The van der Waals surface area contributed by atoms with E-state index in [9.17, 15) is 14.4 Å². The van der Waals surface area contributed by atoms with Crippen LogP contribution in [-0.2, 0) is 20.5 Å². The molecule has 0 radical (unpaired) electrons. The van der Waals surface area contributed by atoms with Crippen LogP contribution < -0.4 is 15.4 Å². The van der Waals surface area contributed by atoms with Gasteiger partial charge in [0.15, 0.2) is 5.78 Å². The Morgan fingerprint density at radius 2 is 1.79 bits per heavy atom. The molecule has 2 saturated heterocycles. The second-order valence-corrected chi connectivity index (χ2v) is 10.9. The van der Waals surface area contributed by atoms with E-state index in [4.69, 9.17) is 16.3 Å².